The molecule has 0 aliphatic rings. The molecule has 1 amide bonds. The van der Waals surface area contributed by atoms with Gasteiger partial charge in [0.2, 0.25) is 5.95 Å². The fraction of sp³-hybridized carbons (Fsp3) is 0.0769. The summed E-state index contributed by atoms with van der Waals surface area (Å²) in [6, 6.07) is 10.0. The summed E-state index contributed by atoms with van der Waals surface area (Å²) in [6.45, 7) is 1.90. The lowest BCUT2D eigenvalue weighted by Crippen LogP contribution is -2.13. The van der Waals surface area contributed by atoms with Crippen LogP contribution in [-0.2, 0) is 0 Å². The van der Waals surface area contributed by atoms with Crippen LogP contribution < -0.4 is 5.32 Å². The van der Waals surface area contributed by atoms with Crippen LogP contribution in [0.3, 0.4) is 0 Å². The van der Waals surface area contributed by atoms with Gasteiger partial charge in [-0.05, 0) is 30.7 Å². The number of para-hydroxylation sites is 1. The lowest BCUT2D eigenvalue weighted by atomic mass is 10.2. The summed E-state index contributed by atoms with van der Waals surface area (Å²) in [5, 5.41) is 2.74. The molecular weight excluding hydrogens is 219 g/mol. The van der Waals surface area contributed by atoms with Crippen molar-refractivity contribution in [3.05, 3.63) is 59.7 Å². The molecule has 4 heteroatoms. The average Bonchev–Trinajstić information content (AvgIpc) is 2.33. The van der Waals surface area contributed by atoms with Crippen molar-refractivity contribution in [2.45, 2.75) is 6.92 Å². The number of carbonyl (C=O) groups excluding carboxylic acids is 1. The van der Waals surface area contributed by atoms with E-state index in [1.54, 1.807) is 0 Å². The van der Waals surface area contributed by atoms with Crippen LogP contribution in [0.5, 0.6) is 0 Å². The van der Waals surface area contributed by atoms with E-state index >= 15 is 0 Å². The molecule has 0 spiro atoms. The summed E-state index contributed by atoms with van der Waals surface area (Å²) in [6.07, 6.45) is 1.21. The summed E-state index contributed by atoms with van der Waals surface area (Å²) >= 11 is 0. The molecule has 0 saturated heterocycles. The van der Waals surface area contributed by atoms with Gasteiger partial charge in [-0.25, -0.2) is 4.98 Å². The maximum Gasteiger partial charge on any atom is 0.257 e. The Bertz CT molecular complexity index is 537. The normalized spacial score (nSPS) is 10.0. The van der Waals surface area contributed by atoms with Crippen molar-refractivity contribution in [3.8, 4) is 0 Å². The number of anilines is 1. The van der Waals surface area contributed by atoms with Gasteiger partial charge >= 0.3 is 0 Å². The molecule has 0 atom stereocenters. The van der Waals surface area contributed by atoms with Crippen molar-refractivity contribution in [1.29, 1.82) is 0 Å². The molecule has 1 N–H and O–H groups in total. The van der Waals surface area contributed by atoms with Crippen LogP contribution in [0.15, 0.2) is 42.6 Å². The number of hydrogen-bond acceptors (Lipinski definition) is 2. The molecule has 3 nitrogen and oxygen atoms in total. The van der Waals surface area contributed by atoms with Crippen LogP contribution in [0, 0.1) is 12.9 Å². The van der Waals surface area contributed by atoms with Crippen molar-refractivity contribution in [2.75, 3.05) is 5.32 Å². The van der Waals surface area contributed by atoms with Crippen LogP contribution in [0.4, 0.5) is 10.1 Å². The molecule has 0 fully saturated rings. The van der Waals surface area contributed by atoms with Crippen molar-refractivity contribution in [1.82, 2.24) is 4.98 Å². The zero-order chi connectivity index (χ0) is 12.3. The quantitative estimate of drug-likeness (QED) is 0.806. The monoisotopic (exact) mass is 230 g/mol. The first kappa shape index (κ1) is 11.3. The molecule has 2 aromatic rings. The first-order valence-electron chi connectivity index (χ1n) is 5.15. The largest absolute Gasteiger partial charge is 0.322 e. The van der Waals surface area contributed by atoms with Gasteiger partial charge in [-0.2, -0.15) is 4.39 Å². The number of aryl methyl sites for hydroxylation is 1. The minimum atomic E-state index is -0.600. The molecule has 0 saturated carbocycles. The minimum absolute atomic E-state index is 0.299. The molecule has 1 aromatic carbocycles. The van der Waals surface area contributed by atoms with Gasteiger partial charge in [-0.15, -0.1) is 0 Å². The molecule has 86 valence electrons. The highest BCUT2D eigenvalue weighted by molar-refractivity contribution is 6.04. The average molecular weight is 230 g/mol. The van der Waals surface area contributed by atoms with Gasteiger partial charge in [0.15, 0.2) is 0 Å². The van der Waals surface area contributed by atoms with Gasteiger partial charge < -0.3 is 5.32 Å². The fourth-order valence-corrected chi connectivity index (χ4v) is 1.42. The molecule has 0 aliphatic heterocycles. The Balaban J connectivity index is 2.17. The Labute approximate surface area is 98.3 Å². The van der Waals surface area contributed by atoms with Crippen LogP contribution in [-0.4, -0.2) is 10.9 Å². The zero-order valence-corrected chi connectivity index (χ0v) is 9.27. The summed E-state index contributed by atoms with van der Waals surface area (Å²) in [5.41, 5.74) is 2.03. The number of hydrogen-bond donors (Lipinski definition) is 1. The lowest BCUT2D eigenvalue weighted by Gasteiger charge is -2.07. The minimum Gasteiger partial charge on any atom is -0.322 e. The van der Waals surface area contributed by atoms with E-state index in [4.69, 9.17) is 0 Å². The number of amides is 1. The summed E-state index contributed by atoms with van der Waals surface area (Å²) in [5.74, 6) is -0.899. The Hall–Kier alpha value is -2.23. The Morgan fingerprint density at radius 3 is 2.65 bits per heavy atom. The van der Waals surface area contributed by atoms with E-state index in [1.165, 1.54) is 12.3 Å². The second kappa shape index (κ2) is 4.74. The van der Waals surface area contributed by atoms with Crippen LogP contribution in [0.2, 0.25) is 0 Å². The molecule has 2 rings (SSSR count). The van der Waals surface area contributed by atoms with Gasteiger partial charge in [0, 0.05) is 11.9 Å². The highest BCUT2D eigenvalue weighted by atomic mass is 19.1. The lowest BCUT2D eigenvalue weighted by molar-refractivity contribution is 0.102. The van der Waals surface area contributed by atoms with Gasteiger partial charge in [0.05, 0.1) is 5.56 Å². The van der Waals surface area contributed by atoms with E-state index in [-0.39, 0.29) is 5.91 Å². The molecule has 0 radical (unpaired) electrons. The Morgan fingerprint density at radius 1 is 1.24 bits per heavy atom. The highest BCUT2D eigenvalue weighted by Gasteiger charge is 2.07. The third-order valence-corrected chi connectivity index (χ3v) is 2.38. The Morgan fingerprint density at radius 2 is 2.00 bits per heavy atom. The standard InChI is InChI=1S/C13H11FN2O/c1-9-4-2-3-5-11(9)16-13(17)10-6-7-12(14)15-8-10/h2-8H,1H3,(H,16,17). The van der Waals surface area contributed by atoms with E-state index in [1.807, 2.05) is 31.2 Å². The summed E-state index contributed by atoms with van der Waals surface area (Å²) in [4.78, 5) is 15.2. The van der Waals surface area contributed by atoms with Crippen LogP contribution >= 0.6 is 0 Å². The fourth-order valence-electron chi connectivity index (χ4n) is 1.42. The van der Waals surface area contributed by atoms with E-state index in [0.29, 0.717) is 5.56 Å². The second-order valence-electron chi connectivity index (χ2n) is 3.64. The molecule has 0 unspecified atom stereocenters. The van der Waals surface area contributed by atoms with Crippen molar-refractivity contribution >= 4 is 11.6 Å². The topological polar surface area (TPSA) is 42.0 Å². The number of nitrogens with zero attached hydrogens (tertiary/aromatic N) is 1. The summed E-state index contributed by atoms with van der Waals surface area (Å²) in [7, 11) is 0. The molecule has 0 bridgehead atoms. The first-order valence-corrected chi connectivity index (χ1v) is 5.15. The third kappa shape index (κ3) is 2.66. The molecule has 17 heavy (non-hydrogen) atoms. The second-order valence-corrected chi connectivity index (χ2v) is 3.64. The number of carbonyl (C=O) groups is 1. The van der Waals surface area contributed by atoms with E-state index < -0.39 is 5.95 Å². The number of benzene rings is 1. The number of aromatic nitrogens is 1. The van der Waals surface area contributed by atoms with Crippen molar-refractivity contribution in [2.24, 2.45) is 0 Å². The zero-order valence-electron chi connectivity index (χ0n) is 9.27. The molecular formula is C13H11FN2O. The van der Waals surface area contributed by atoms with Gasteiger partial charge in [0.1, 0.15) is 0 Å². The van der Waals surface area contributed by atoms with Crippen molar-refractivity contribution < 1.29 is 9.18 Å². The van der Waals surface area contributed by atoms with Gasteiger partial charge in [-0.3, -0.25) is 4.79 Å². The summed E-state index contributed by atoms with van der Waals surface area (Å²) < 4.78 is 12.6. The predicted molar refractivity (Wildman–Crippen MR) is 63.3 cm³/mol. The van der Waals surface area contributed by atoms with Gasteiger partial charge in [-0.1, -0.05) is 18.2 Å². The highest BCUT2D eigenvalue weighted by Crippen LogP contribution is 2.14. The molecule has 1 aromatic heterocycles. The Kier molecular flexibility index (Phi) is 3.14. The van der Waals surface area contributed by atoms with E-state index in [2.05, 4.69) is 10.3 Å². The maximum atomic E-state index is 12.6. The predicted octanol–water partition coefficient (Wildman–Crippen LogP) is 2.78. The van der Waals surface area contributed by atoms with Crippen LogP contribution in [0.25, 0.3) is 0 Å². The SMILES string of the molecule is Cc1ccccc1NC(=O)c1ccc(F)nc1. The molecule has 0 aliphatic carbocycles. The van der Waals surface area contributed by atoms with Crippen LogP contribution in [0.1, 0.15) is 15.9 Å². The van der Waals surface area contributed by atoms with Crippen molar-refractivity contribution in [3.63, 3.8) is 0 Å². The van der Waals surface area contributed by atoms with E-state index in [0.717, 1.165) is 17.3 Å². The number of nitrogens with one attached hydrogen (secondary N) is 1. The smallest absolute Gasteiger partial charge is 0.257 e. The third-order valence-electron chi connectivity index (χ3n) is 2.38. The molecule has 1 heterocycles. The number of halogens is 1. The number of pyridine rings is 1. The first-order chi connectivity index (χ1) is 8.16. The van der Waals surface area contributed by atoms with Gasteiger partial charge in [0.25, 0.3) is 5.91 Å². The number of rotatable bonds is 2. The van der Waals surface area contributed by atoms with E-state index in [9.17, 15) is 9.18 Å². The maximum absolute atomic E-state index is 12.6.